The second-order valence-electron chi connectivity index (χ2n) is 11.9. The summed E-state index contributed by atoms with van der Waals surface area (Å²) < 4.78 is 11.2. The molecule has 2 fully saturated rings. The number of benzene rings is 2. The van der Waals surface area contributed by atoms with E-state index in [1.165, 1.54) is 0 Å². The Bertz CT molecular complexity index is 1170. The van der Waals surface area contributed by atoms with Gasteiger partial charge in [-0.2, -0.15) is 0 Å². The molecule has 7 heteroatoms. The van der Waals surface area contributed by atoms with Crippen molar-refractivity contribution in [3.05, 3.63) is 70.8 Å². The Morgan fingerprint density at radius 1 is 1.00 bits per heavy atom. The van der Waals surface area contributed by atoms with E-state index in [1.807, 2.05) is 24.3 Å². The van der Waals surface area contributed by atoms with E-state index in [-0.39, 0.29) is 16.7 Å². The van der Waals surface area contributed by atoms with Gasteiger partial charge in [0.15, 0.2) is 0 Å². The second kappa shape index (κ2) is 12.3. The third kappa shape index (κ3) is 6.89. The fourth-order valence-corrected chi connectivity index (χ4v) is 5.04. The van der Waals surface area contributed by atoms with Gasteiger partial charge in [-0.15, -0.1) is 0 Å². The van der Waals surface area contributed by atoms with Crippen LogP contribution in [0.3, 0.4) is 0 Å². The van der Waals surface area contributed by atoms with Gasteiger partial charge in [0.05, 0.1) is 31.4 Å². The molecule has 0 spiro atoms. The molecule has 1 N–H and O–H groups in total. The van der Waals surface area contributed by atoms with Gasteiger partial charge in [-0.3, -0.25) is 14.5 Å². The van der Waals surface area contributed by atoms with Crippen LogP contribution in [0.5, 0.6) is 5.75 Å². The van der Waals surface area contributed by atoms with Crippen molar-refractivity contribution in [3.63, 3.8) is 0 Å². The molecule has 2 aliphatic heterocycles. The van der Waals surface area contributed by atoms with Crippen molar-refractivity contribution in [1.29, 1.82) is 0 Å². The third-order valence-corrected chi connectivity index (χ3v) is 7.32. The minimum atomic E-state index is -0.652. The number of likely N-dealkylation sites (tertiary alicyclic amines) is 1. The van der Waals surface area contributed by atoms with Crippen molar-refractivity contribution < 1.29 is 24.2 Å². The Morgan fingerprint density at radius 3 is 2.23 bits per heavy atom. The molecule has 0 saturated carbocycles. The summed E-state index contributed by atoms with van der Waals surface area (Å²) in [4.78, 5) is 30.7. The van der Waals surface area contributed by atoms with Crippen LogP contribution in [0.1, 0.15) is 63.8 Å². The molecule has 1 amide bonds. The molecule has 4 rings (SSSR count). The van der Waals surface area contributed by atoms with E-state index < -0.39 is 17.7 Å². The van der Waals surface area contributed by atoms with E-state index in [1.54, 1.807) is 29.2 Å². The molecule has 0 aromatic heterocycles. The number of ketones is 1. The van der Waals surface area contributed by atoms with Crippen LogP contribution in [0.4, 0.5) is 0 Å². The first-order valence-electron chi connectivity index (χ1n) is 14.0. The van der Waals surface area contributed by atoms with Gasteiger partial charge in [-0.05, 0) is 53.1 Å². The predicted molar refractivity (Wildman–Crippen MR) is 153 cm³/mol. The number of amides is 1. The largest absolute Gasteiger partial charge is 0.507 e. The fourth-order valence-electron chi connectivity index (χ4n) is 5.04. The third-order valence-electron chi connectivity index (χ3n) is 7.32. The van der Waals surface area contributed by atoms with Crippen molar-refractivity contribution in [1.82, 2.24) is 9.80 Å². The van der Waals surface area contributed by atoms with Crippen LogP contribution in [0.2, 0.25) is 0 Å². The van der Waals surface area contributed by atoms with Crippen molar-refractivity contribution in [3.8, 4) is 5.75 Å². The number of carbonyl (C=O) groups is 2. The Kier molecular flexibility index (Phi) is 9.13. The number of morpholine rings is 1. The van der Waals surface area contributed by atoms with Crippen molar-refractivity contribution in [2.24, 2.45) is 5.92 Å². The number of carbonyl (C=O) groups excluding carboxylic acids is 2. The lowest BCUT2D eigenvalue weighted by atomic mass is 9.85. The van der Waals surface area contributed by atoms with Gasteiger partial charge in [-0.25, -0.2) is 0 Å². The van der Waals surface area contributed by atoms with E-state index in [2.05, 4.69) is 39.5 Å². The highest BCUT2D eigenvalue weighted by atomic mass is 16.5. The van der Waals surface area contributed by atoms with E-state index in [0.717, 1.165) is 37.2 Å². The van der Waals surface area contributed by atoms with Crippen LogP contribution in [-0.2, 0) is 19.7 Å². The topological polar surface area (TPSA) is 79.3 Å². The zero-order valence-corrected chi connectivity index (χ0v) is 23.9. The molecular weight excluding hydrogens is 492 g/mol. The summed E-state index contributed by atoms with van der Waals surface area (Å²) >= 11 is 0. The van der Waals surface area contributed by atoms with Crippen LogP contribution in [0, 0.1) is 5.92 Å². The lowest BCUT2D eigenvalue weighted by Crippen LogP contribution is -2.39. The molecule has 1 unspecified atom stereocenters. The van der Waals surface area contributed by atoms with Gasteiger partial charge in [0, 0.05) is 31.7 Å². The first kappa shape index (κ1) is 28.8. The SMILES string of the molecule is CC(C)COc1ccc(/C(O)=C2\C(=O)C(=O)N(CCCN3CCOCC3)C2c2ccc(C(C)(C)C)cc2)cc1. The maximum Gasteiger partial charge on any atom is 0.295 e. The zero-order valence-electron chi connectivity index (χ0n) is 23.9. The van der Waals surface area contributed by atoms with Gasteiger partial charge >= 0.3 is 0 Å². The van der Waals surface area contributed by atoms with Crippen molar-refractivity contribution in [2.75, 3.05) is 46.0 Å². The normalized spacial score (nSPS) is 20.2. The maximum atomic E-state index is 13.4. The molecule has 0 bridgehead atoms. The number of hydrogen-bond donors (Lipinski definition) is 1. The van der Waals surface area contributed by atoms with Crippen molar-refractivity contribution in [2.45, 2.75) is 52.5 Å². The lowest BCUT2D eigenvalue weighted by Gasteiger charge is -2.29. The van der Waals surface area contributed by atoms with Gasteiger partial charge in [0.1, 0.15) is 11.5 Å². The van der Waals surface area contributed by atoms with E-state index in [9.17, 15) is 14.7 Å². The number of Topliss-reactive ketones (excluding diaryl/α,β-unsaturated/α-hetero) is 1. The quantitative estimate of drug-likeness (QED) is 0.272. The van der Waals surface area contributed by atoms with E-state index in [0.29, 0.717) is 43.6 Å². The van der Waals surface area contributed by atoms with E-state index in [4.69, 9.17) is 9.47 Å². The monoisotopic (exact) mass is 534 g/mol. The van der Waals surface area contributed by atoms with Crippen LogP contribution in [-0.4, -0.2) is 72.6 Å². The average molecular weight is 535 g/mol. The molecule has 2 heterocycles. The Hall–Kier alpha value is -3.16. The van der Waals surface area contributed by atoms with Gasteiger partial charge in [0.25, 0.3) is 11.7 Å². The van der Waals surface area contributed by atoms with E-state index >= 15 is 0 Å². The summed E-state index contributed by atoms with van der Waals surface area (Å²) in [6.45, 7) is 15.6. The first-order valence-corrected chi connectivity index (χ1v) is 14.0. The molecule has 0 radical (unpaired) electrons. The summed E-state index contributed by atoms with van der Waals surface area (Å²) in [5.74, 6) is -0.298. The van der Waals surface area contributed by atoms with Crippen LogP contribution in [0.25, 0.3) is 5.76 Å². The number of aliphatic hydroxyl groups excluding tert-OH is 1. The Labute approximate surface area is 232 Å². The number of aliphatic hydroxyl groups is 1. The fraction of sp³-hybridized carbons (Fsp3) is 0.500. The highest BCUT2D eigenvalue weighted by molar-refractivity contribution is 6.46. The average Bonchev–Trinajstić information content (AvgIpc) is 3.17. The summed E-state index contributed by atoms with van der Waals surface area (Å²) in [5.41, 5.74) is 2.55. The van der Waals surface area contributed by atoms with Crippen LogP contribution in [0.15, 0.2) is 54.1 Å². The lowest BCUT2D eigenvalue weighted by molar-refractivity contribution is -0.140. The number of nitrogens with zero attached hydrogens (tertiary/aromatic N) is 2. The van der Waals surface area contributed by atoms with Gasteiger partial charge < -0.3 is 19.5 Å². The standard InChI is InChI=1S/C32H42N2O5/c1-22(2)21-39-26-13-9-24(10-14-26)29(35)27-28(23-7-11-25(12-8-23)32(3,4)5)34(31(37)30(27)36)16-6-15-33-17-19-38-20-18-33/h7-14,22,28,35H,6,15-21H2,1-5H3/b29-27+. The predicted octanol–water partition coefficient (Wildman–Crippen LogP) is 5.16. The Balaban J connectivity index is 1.65. The number of ether oxygens (including phenoxy) is 2. The second-order valence-corrected chi connectivity index (χ2v) is 11.9. The molecule has 0 aliphatic carbocycles. The summed E-state index contributed by atoms with van der Waals surface area (Å²) in [5, 5.41) is 11.4. The molecule has 7 nitrogen and oxygen atoms in total. The minimum absolute atomic E-state index is 0.0299. The number of hydrogen-bond acceptors (Lipinski definition) is 6. The molecule has 1 atom stereocenters. The van der Waals surface area contributed by atoms with Crippen LogP contribution >= 0.6 is 0 Å². The molecule has 2 aromatic carbocycles. The van der Waals surface area contributed by atoms with Gasteiger partial charge in [-0.1, -0.05) is 58.9 Å². The summed E-state index contributed by atoms with van der Waals surface area (Å²) in [6.07, 6.45) is 0.728. The minimum Gasteiger partial charge on any atom is -0.507 e. The molecule has 2 saturated heterocycles. The zero-order chi connectivity index (χ0) is 28.2. The summed E-state index contributed by atoms with van der Waals surface area (Å²) in [7, 11) is 0. The van der Waals surface area contributed by atoms with Crippen LogP contribution < -0.4 is 4.74 Å². The molecule has 2 aliphatic rings. The molecule has 210 valence electrons. The maximum absolute atomic E-state index is 13.4. The summed E-state index contributed by atoms with van der Waals surface area (Å²) in [6, 6.07) is 14.4. The molecular formula is C32H42N2O5. The first-order chi connectivity index (χ1) is 18.6. The highest BCUT2D eigenvalue weighted by Gasteiger charge is 2.45. The highest BCUT2D eigenvalue weighted by Crippen LogP contribution is 2.40. The van der Waals surface area contributed by atoms with Crippen molar-refractivity contribution >= 4 is 17.4 Å². The number of rotatable bonds is 9. The van der Waals surface area contributed by atoms with Gasteiger partial charge in [0.2, 0.25) is 0 Å². The smallest absolute Gasteiger partial charge is 0.295 e. The molecule has 2 aromatic rings. The molecule has 39 heavy (non-hydrogen) atoms. The Morgan fingerprint density at radius 2 is 1.64 bits per heavy atom.